The largest absolute Gasteiger partial charge is 0.293 e. The van der Waals surface area contributed by atoms with Crippen molar-refractivity contribution in [2.45, 2.75) is 64.5 Å². The van der Waals surface area contributed by atoms with Crippen LogP contribution in [0.4, 0.5) is 0 Å². The van der Waals surface area contributed by atoms with Crippen LogP contribution in [0.25, 0.3) is 0 Å². The summed E-state index contributed by atoms with van der Waals surface area (Å²) in [6.07, 6.45) is 9.70. The summed E-state index contributed by atoms with van der Waals surface area (Å²) in [5.74, 6) is 1.70. The van der Waals surface area contributed by atoms with Crippen molar-refractivity contribution in [2.75, 3.05) is 6.54 Å². The normalized spacial score (nSPS) is 19.4. The quantitative estimate of drug-likeness (QED) is 0.870. The van der Waals surface area contributed by atoms with E-state index in [2.05, 4.69) is 29.2 Å². The highest BCUT2D eigenvalue weighted by Crippen LogP contribution is 2.31. The molecule has 0 unspecified atom stereocenters. The van der Waals surface area contributed by atoms with E-state index in [9.17, 15) is 0 Å². The molecule has 0 radical (unpaired) electrons. The van der Waals surface area contributed by atoms with Crippen LogP contribution in [-0.2, 0) is 26.6 Å². The Balaban J connectivity index is 1.45. The Labute approximate surface area is 144 Å². The Hall–Kier alpha value is -1.75. The van der Waals surface area contributed by atoms with E-state index in [-0.39, 0.29) is 0 Å². The zero-order valence-corrected chi connectivity index (χ0v) is 14.8. The molecule has 0 amide bonds. The summed E-state index contributed by atoms with van der Waals surface area (Å²) in [6, 6.07) is 2.18. The molecule has 5 heteroatoms. The van der Waals surface area contributed by atoms with Crippen LogP contribution < -0.4 is 0 Å². The van der Waals surface area contributed by atoms with Gasteiger partial charge < -0.3 is 0 Å². The molecule has 2 aromatic rings. The molecule has 4 rings (SSSR count). The summed E-state index contributed by atoms with van der Waals surface area (Å²) in [6.45, 7) is 5.01. The van der Waals surface area contributed by atoms with Crippen molar-refractivity contribution < 1.29 is 0 Å². The Morgan fingerprint density at radius 1 is 1.21 bits per heavy atom. The number of hydrogen-bond acceptors (Lipinski definition) is 4. The second kappa shape index (κ2) is 6.63. The van der Waals surface area contributed by atoms with Gasteiger partial charge in [0.2, 0.25) is 0 Å². The third-order valence-electron chi connectivity index (χ3n) is 5.55. The van der Waals surface area contributed by atoms with Crippen LogP contribution in [0.5, 0.6) is 0 Å². The number of aryl methyl sites for hydroxylation is 2. The maximum Gasteiger partial charge on any atom is 0.131 e. The summed E-state index contributed by atoms with van der Waals surface area (Å²) >= 11 is 0. The van der Waals surface area contributed by atoms with Crippen LogP contribution in [-0.4, -0.2) is 31.2 Å². The van der Waals surface area contributed by atoms with Crippen LogP contribution >= 0.6 is 0 Å². The molecule has 24 heavy (non-hydrogen) atoms. The van der Waals surface area contributed by atoms with Gasteiger partial charge in [-0.15, -0.1) is 0 Å². The van der Waals surface area contributed by atoms with Crippen molar-refractivity contribution in [3.63, 3.8) is 0 Å². The average molecular weight is 325 g/mol. The minimum Gasteiger partial charge on any atom is -0.293 e. The summed E-state index contributed by atoms with van der Waals surface area (Å²) < 4.78 is 1.95. The fourth-order valence-corrected chi connectivity index (χ4v) is 4.02. The molecule has 5 nitrogen and oxygen atoms in total. The molecular formula is C19H27N5. The molecule has 2 aliphatic rings. The van der Waals surface area contributed by atoms with Gasteiger partial charge in [0.15, 0.2) is 0 Å². The van der Waals surface area contributed by atoms with Crippen LogP contribution in [0, 0.1) is 6.92 Å². The fourth-order valence-electron chi connectivity index (χ4n) is 4.02. The maximum absolute atomic E-state index is 4.94. The monoisotopic (exact) mass is 325 g/mol. The second-order valence-electron chi connectivity index (χ2n) is 7.40. The van der Waals surface area contributed by atoms with E-state index in [0.717, 1.165) is 37.6 Å². The van der Waals surface area contributed by atoms with Gasteiger partial charge in [-0.25, -0.2) is 9.97 Å². The molecule has 0 bridgehead atoms. The minimum atomic E-state index is 0.596. The Kier molecular flexibility index (Phi) is 4.35. The van der Waals surface area contributed by atoms with Gasteiger partial charge in [-0.1, -0.05) is 19.3 Å². The SMILES string of the molecule is Cc1cc(CN2CCc3nc(C4CCCCC4)ncc3C2)nn1C. The molecule has 0 atom stereocenters. The Bertz CT molecular complexity index is 695. The predicted molar refractivity (Wildman–Crippen MR) is 93.6 cm³/mol. The third kappa shape index (κ3) is 3.22. The van der Waals surface area contributed by atoms with Gasteiger partial charge in [0, 0.05) is 62.2 Å². The molecule has 2 aromatic heterocycles. The molecule has 1 fully saturated rings. The van der Waals surface area contributed by atoms with Crippen molar-refractivity contribution in [3.8, 4) is 0 Å². The predicted octanol–water partition coefficient (Wildman–Crippen LogP) is 3.12. The zero-order valence-electron chi connectivity index (χ0n) is 14.8. The topological polar surface area (TPSA) is 46.8 Å². The number of rotatable bonds is 3. The lowest BCUT2D eigenvalue weighted by atomic mass is 9.88. The first-order valence-corrected chi connectivity index (χ1v) is 9.25. The standard InChI is InChI=1S/C19H27N5/c1-14-10-17(22-23(14)2)13-24-9-8-18-16(12-24)11-20-19(21-18)15-6-4-3-5-7-15/h10-11,15H,3-9,12-13H2,1-2H3. The number of hydrogen-bond donors (Lipinski definition) is 0. The molecule has 1 aliphatic carbocycles. The van der Waals surface area contributed by atoms with E-state index in [1.54, 1.807) is 0 Å². The maximum atomic E-state index is 4.94. The first-order valence-electron chi connectivity index (χ1n) is 9.25. The number of fused-ring (bicyclic) bond motifs is 1. The molecule has 0 aromatic carbocycles. The van der Waals surface area contributed by atoms with E-state index < -0.39 is 0 Å². The van der Waals surface area contributed by atoms with Crippen LogP contribution in [0.2, 0.25) is 0 Å². The van der Waals surface area contributed by atoms with Gasteiger partial charge in [-0.3, -0.25) is 9.58 Å². The average Bonchev–Trinajstić information content (AvgIpc) is 2.92. The summed E-state index contributed by atoms with van der Waals surface area (Å²) in [4.78, 5) is 12.1. The van der Waals surface area contributed by atoms with Gasteiger partial charge in [-0.05, 0) is 25.8 Å². The van der Waals surface area contributed by atoms with Crippen molar-refractivity contribution in [2.24, 2.45) is 7.05 Å². The highest BCUT2D eigenvalue weighted by atomic mass is 15.3. The van der Waals surface area contributed by atoms with Gasteiger partial charge in [0.1, 0.15) is 5.82 Å². The number of nitrogens with zero attached hydrogens (tertiary/aromatic N) is 5. The molecular weight excluding hydrogens is 298 g/mol. The first kappa shape index (κ1) is 15.8. The lowest BCUT2D eigenvalue weighted by molar-refractivity contribution is 0.238. The van der Waals surface area contributed by atoms with E-state index in [1.165, 1.54) is 49.1 Å². The molecule has 3 heterocycles. The molecule has 1 saturated carbocycles. The number of aromatic nitrogens is 4. The molecule has 0 N–H and O–H groups in total. The Morgan fingerprint density at radius 2 is 2.04 bits per heavy atom. The lowest BCUT2D eigenvalue weighted by Gasteiger charge is -2.28. The second-order valence-corrected chi connectivity index (χ2v) is 7.40. The van der Waals surface area contributed by atoms with E-state index >= 15 is 0 Å². The van der Waals surface area contributed by atoms with E-state index in [4.69, 9.17) is 9.97 Å². The van der Waals surface area contributed by atoms with Gasteiger partial charge >= 0.3 is 0 Å². The molecule has 128 valence electrons. The highest BCUT2D eigenvalue weighted by Gasteiger charge is 2.23. The van der Waals surface area contributed by atoms with Crippen LogP contribution in [0.15, 0.2) is 12.3 Å². The van der Waals surface area contributed by atoms with Gasteiger partial charge in [0.05, 0.1) is 5.69 Å². The van der Waals surface area contributed by atoms with Crippen LogP contribution in [0.1, 0.15) is 66.5 Å². The lowest BCUT2D eigenvalue weighted by Crippen LogP contribution is -2.31. The minimum absolute atomic E-state index is 0.596. The molecule has 0 saturated heterocycles. The highest BCUT2D eigenvalue weighted by molar-refractivity contribution is 5.22. The van der Waals surface area contributed by atoms with E-state index in [1.807, 2.05) is 11.7 Å². The molecule has 0 spiro atoms. The third-order valence-corrected chi connectivity index (χ3v) is 5.55. The summed E-state index contributed by atoms with van der Waals surface area (Å²) in [5.41, 5.74) is 4.94. The first-order chi connectivity index (χ1) is 11.7. The van der Waals surface area contributed by atoms with Crippen molar-refractivity contribution in [1.29, 1.82) is 0 Å². The van der Waals surface area contributed by atoms with Crippen molar-refractivity contribution in [3.05, 3.63) is 40.7 Å². The van der Waals surface area contributed by atoms with Crippen LogP contribution in [0.3, 0.4) is 0 Å². The Morgan fingerprint density at radius 3 is 2.79 bits per heavy atom. The van der Waals surface area contributed by atoms with Crippen molar-refractivity contribution >= 4 is 0 Å². The summed E-state index contributed by atoms with van der Waals surface area (Å²) in [5, 5.41) is 4.58. The van der Waals surface area contributed by atoms with Gasteiger partial charge in [-0.2, -0.15) is 5.10 Å². The molecule has 1 aliphatic heterocycles. The van der Waals surface area contributed by atoms with Gasteiger partial charge in [0.25, 0.3) is 0 Å². The van der Waals surface area contributed by atoms with Crippen molar-refractivity contribution in [1.82, 2.24) is 24.6 Å². The smallest absolute Gasteiger partial charge is 0.131 e. The fraction of sp³-hybridized carbons (Fsp3) is 0.632. The summed E-state index contributed by atoms with van der Waals surface area (Å²) in [7, 11) is 2.00. The zero-order chi connectivity index (χ0) is 16.5. The van der Waals surface area contributed by atoms with E-state index in [0.29, 0.717) is 5.92 Å².